The number of likely N-dealkylation sites (N-methyl/N-ethyl adjacent to an activating group) is 1. The fourth-order valence-corrected chi connectivity index (χ4v) is 2.36. The Morgan fingerprint density at radius 1 is 1.39 bits per heavy atom. The highest BCUT2D eigenvalue weighted by molar-refractivity contribution is 5.74. The number of nitrogens with zero attached hydrogens (tertiary/aromatic N) is 2. The van der Waals surface area contributed by atoms with E-state index in [1.807, 2.05) is 19.1 Å². The second-order valence-corrected chi connectivity index (χ2v) is 4.90. The number of ether oxygens (including phenoxy) is 1. The molecule has 1 unspecified atom stereocenters. The molecule has 0 bridgehead atoms. The van der Waals surface area contributed by atoms with Crippen LogP contribution in [0, 0.1) is 0 Å². The van der Waals surface area contributed by atoms with Gasteiger partial charge in [0.2, 0.25) is 0 Å². The second kappa shape index (κ2) is 5.48. The van der Waals surface area contributed by atoms with Gasteiger partial charge in [0.1, 0.15) is 5.75 Å². The molecule has 4 heteroatoms. The maximum absolute atomic E-state index is 6.20. The number of nitrogens with two attached hydrogens (primary N) is 1. The Morgan fingerprint density at radius 3 is 2.83 bits per heavy atom. The number of hydrogen-bond acceptors (Lipinski definition) is 4. The molecule has 4 nitrogen and oxygen atoms in total. The van der Waals surface area contributed by atoms with E-state index in [1.165, 1.54) is 0 Å². The van der Waals surface area contributed by atoms with Crippen LogP contribution < -0.4 is 15.4 Å². The smallest absolute Gasteiger partial charge is 0.144 e. The predicted octanol–water partition coefficient (Wildman–Crippen LogP) is 1.81. The van der Waals surface area contributed by atoms with E-state index in [2.05, 4.69) is 29.8 Å². The van der Waals surface area contributed by atoms with Gasteiger partial charge in [-0.3, -0.25) is 0 Å². The van der Waals surface area contributed by atoms with Crippen molar-refractivity contribution >= 4 is 11.4 Å². The Labute approximate surface area is 109 Å². The summed E-state index contributed by atoms with van der Waals surface area (Å²) in [6.07, 6.45) is 0. The van der Waals surface area contributed by atoms with Crippen LogP contribution >= 0.6 is 0 Å². The standard InChI is InChI=1S/C14H23N3O/c1-4-18-13-7-5-6-12(14(13)15)17-9-8-16(3)11(2)10-17/h5-7,11H,4,8-10,15H2,1-3H3. The Morgan fingerprint density at radius 2 is 2.17 bits per heavy atom. The molecule has 0 radical (unpaired) electrons. The maximum Gasteiger partial charge on any atom is 0.144 e. The molecule has 1 aliphatic heterocycles. The Hall–Kier alpha value is -1.42. The van der Waals surface area contributed by atoms with Crippen molar-refractivity contribution < 1.29 is 4.74 Å². The summed E-state index contributed by atoms with van der Waals surface area (Å²) in [6, 6.07) is 6.58. The third kappa shape index (κ3) is 2.53. The van der Waals surface area contributed by atoms with Crippen LogP contribution in [0.4, 0.5) is 11.4 Å². The van der Waals surface area contributed by atoms with Crippen LogP contribution in [0.5, 0.6) is 5.75 Å². The Kier molecular flexibility index (Phi) is 3.97. The van der Waals surface area contributed by atoms with Gasteiger partial charge in [-0.15, -0.1) is 0 Å². The second-order valence-electron chi connectivity index (χ2n) is 4.90. The molecule has 1 aromatic rings. The third-order valence-electron chi connectivity index (χ3n) is 3.64. The molecule has 0 aliphatic carbocycles. The number of benzene rings is 1. The molecular formula is C14H23N3O. The van der Waals surface area contributed by atoms with Gasteiger partial charge in [-0.2, -0.15) is 0 Å². The van der Waals surface area contributed by atoms with Crippen molar-refractivity contribution in [3.05, 3.63) is 18.2 Å². The number of para-hydroxylation sites is 1. The van der Waals surface area contributed by atoms with Gasteiger partial charge in [-0.25, -0.2) is 0 Å². The third-order valence-corrected chi connectivity index (χ3v) is 3.64. The summed E-state index contributed by atoms with van der Waals surface area (Å²) in [5.41, 5.74) is 8.06. The zero-order chi connectivity index (χ0) is 13.1. The van der Waals surface area contributed by atoms with Gasteiger partial charge in [-0.1, -0.05) is 6.07 Å². The van der Waals surface area contributed by atoms with E-state index in [0.29, 0.717) is 12.6 Å². The molecule has 0 amide bonds. The molecule has 1 saturated heterocycles. The van der Waals surface area contributed by atoms with E-state index >= 15 is 0 Å². The molecule has 0 saturated carbocycles. The summed E-state index contributed by atoms with van der Waals surface area (Å²) in [5, 5.41) is 0. The minimum Gasteiger partial charge on any atom is -0.492 e. The summed E-state index contributed by atoms with van der Waals surface area (Å²) >= 11 is 0. The zero-order valence-electron chi connectivity index (χ0n) is 11.5. The number of anilines is 2. The SMILES string of the molecule is CCOc1cccc(N2CCN(C)C(C)C2)c1N. The fraction of sp³-hybridized carbons (Fsp3) is 0.571. The minimum absolute atomic E-state index is 0.550. The van der Waals surface area contributed by atoms with Gasteiger partial charge >= 0.3 is 0 Å². The largest absolute Gasteiger partial charge is 0.492 e. The summed E-state index contributed by atoms with van der Waals surface area (Å²) in [5.74, 6) is 0.793. The van der Waals surface area contributed by atoms with Crippen LogP contribution in [0.2, 0.25) is 0 Å². The van der Waals surface area contributed by atoms with Crippen LogP contribution in [0.15, 0.2) is 18.2 Å². The first-order valence-corrected chi connectivity index (χ1v) is 6.60. The summed E-state index contributed by atoms with van der Waals surface area (Å²) in [6.45, 7) is 7.96. The van der Waals surface area contributed by atoms with Gasteiger partial charge in [0.15, 0.2) is 0 Å². The van der Waals surface area contributed by atoms with Gasteiger partial charge in [0, 0.05) is 25.7 Å². The monoisotopic (exact) mass is 249 g/mol. The highest BCUT2D eigenvalue weighted by atomic mass is 16.5. The lowest BCUT2D eigenvalue weighted by Crippen LogP contribution is -2.50. The van der Waals surface area contributed by atoms with Crippen molar-refractivity contribution in [3.63, 3.8) is 0 Å². The van der Waals surface area contributed by atoms with E-state index in [0.717, 1.165) is 36.8 Å². The number of piperazine rings is 1. The van der Waals surface area contributed by atoms with E-state index in [-0.39, 0.29) is 0 Å². The summed E-state index contributed by atoms with van der Waals surface area (Å²) in [7, 11) is 2.17. The average Bonchev–Trinajstić information content (AvgIpc) is 2.36. The quantitative estimate of drug-likeness (QED) is 0.830. The number of rotatable bonds is 3. The van der Waals surface area contributed by atoms with Gasteiger partial charge in [0.05, 0.1) is 18.0 Å². The van der Waals surface area contributed by atoms with Crippen LogP contribution in [0.25, 0.3) is 0 Å². The Bertz CT molecular complexity index is 408. The summed E-state index contributed by atoms with van der Waals surface area (Å²) < 4.78 is 5.55. The lowest BCUT2D eigenvalue weighted by molar-refractivity contribution is 0.234. The first kappa shape index (κ1) is 13.0. The summed E-state index contributed by atoms with van der Waals surface area (Å²) in [4.78, 5) is 4.72. The molecule has 2 N–H and O–H groups in total. The molecule has 1 aliphatic rings. The number of nitrogen functional groups attached to an aromatic ring is 1. The maximum atomic E-state index is 6.20. The molecule has 0 aromatic heterocycles. The van der Waals surface area contributed by atoms with Crippen molar-refractivity contribution in [2.75, 3.05) is 43.9 Å². The van der Waals surface area contributed by atoms with Crippen molar-refractivity contribution in [2.45, 2.75) is 19.9 Å². The molecule has 2 rings (SSSR count). The molecule has 1 fully saturated rings. The fourth-order valence-electron chi connectivity index (χ4n) is 2.36. The Balaban J connectivity index is 2.20. The minimum atomic E-state index is 0.550. The van der Waals surface area contributed by atoms with E-state index < -0.39 is 0 Å². The predicted molar refractivity (Wildman–Crippen MR) is 76.3 cm³/mol. The average molecular weight is 249 g/mol. The van der Waals surface area contributed by atoms with Gasteiger partial charge in [0.25, 0.3) is 0 Å². The molecule has 1 aromatic carbocycles. The van der Waals surface area contributed by atoms with Crippen molar-refractivity contribution in [2.24, 2.45) is 0 Å². The molecule has 1 atom stereocenters. The molecule has 1 heterocycles. The van der Waals surface area contributed by atoms with Crippen molar-refractivity contribution in [3.8, 4) is 5.75 Å². The highest BCUT2D eigenvalue weighted by Gasteiger charge is 2.22. The van der Waals surface area contributed by atoms with Crippen LogP contribution in [0.3, 0.4) is 0 Å². The zero-order valence-corrected chi connectivity index (χ0v) is 11.5. The van der Waals surface area contributed by atoms with Crippen LogP contribution in [-0.4, -0.2) is 44.2 Å². The first-order chi connectivity index (χ1) is 8.63. The van der Waals surface area contributed by atoms with E-state index in [1.54, 1.807) is 0 Å². The van der Waals surface area contributed by atoms with Crippen LogP contribution in [0.1, 0.15) is 13.8 Å². The van der Waals surface area contributed by atoms with Crippen molar-refractivity contribution in [1.82, 2.24) is 4.90 Å². The van der Waals surface area contributed by atoms with Gasteiger partial charge < -0.3 is 20.3 Å². The lowest BCUT2D eigenvalue weighted by atomic mass is 10.1. The topological polar surface area (TPSA) is 41.7 Å². The normalized spacial score (nSPS) is 21.1. The molecule has 100 valence electrons. The molecule has 18 heavy (non-hydrogen) atoms. The molecule has 0 spiro atoms. The van der Waals surface area contributed by atoms with Crippen LogP contribution in [-0.2, 0) is 0 Å². The van der Waals surface area contributed by atoms with Gasteiger partial charge in [-0.05, 0) is 33.0 Å². The van der Waals surface area contributed by atoms with E-state index in [4.69, 9.17) is 10.5 Å². The van der Waals surface area contributed by atoms with E-state index in [9.17, 15) is 0 Å². The first-order valence-electron chi connectivity index (χ1n) is 6.60. The highest BCUT2D eigenvalue weighted by Crippen LogP contribution is 2.33. The number of hydrogen-bond donors (Lipinski definition) is 1. The molecular weight excluding hydrogens is 226 g/mol. The lowest BCUT2D eigenvalue weighted by Gasteiger charge is -2.39. The van der Waals surface area contributed by atoms with Crippen molar-refractivity contribution in [1.29, 1.82) is 0 Å².